The first-order valence-corrected chi connectivity index (χ1v) is 10.5. The Morgan fingerprint density at radius 1 is 1.04 bits per heavy atom. The number of fused-ring (bicyclic) bond motifs is 1. The number of benzene rings is 1. The molecule has 1 N–H and O–H groups in total. The van der Waals surface area contributed by atoms with Gasteiger partial charge in [-0.15, -0.1) is 0 Å². The number of imidazole rings is 1. The number of rotatable bonds is 3. The number of aryl methyl sites for hydroxylation is 2. The minimum absolute atomic E-state index is 0.0477. The summed E-state index contributed by atoms with van der Waals surface area (Å²) in [4.78, 5) is 25.2. The summed E-state index contributed by atoms with van der Waals surface area (Å²) in [5.74, 6) is 0.920. The van der Waals surface area contributed by atoms with Crippen molar-refractivity contribution in [3.63, 3.8) is 0 Å². The largest absolute Gasteiger partial charge is 0.328 e. The van der Waals surface area contributed by atoms with Gasteiger partial charge < -0.3 is 5.32 Å². The van der Waals surface area contributed by atoms with Gasteiger partial charge in [-0.25, -0.2) is 4.79 Å². The van der Waals surface area contributed by atoms with Gasteiger partial charge in [-0.1, -0.05) is 13.8 Å². The SMILES string of the molecule is Cn1c(=O)n(C)c2cc(NC(=O)CC34CC5C[C@@](C)(C3)C[C@](C)(C5)C4)ccc21. The Balaban J connectivity index is 1.38. The van der Waals surface area contributed by atoms with Crippen LogP contribution in [0.5, 0.6) is 0 Å². The molecule has 5 nitrogen and oxygen atoms in total. The van der Waals surface area contributed by atoms with Gasteiger partial charge in [-0.05, 0) is 78.9 Å². The molecule has 2 aromatic rings. The smallest absolute Gasteiger partial charge is 0.326 e. The van der Waals surface area contributed by atoms with Crippen molar-refractivity contribution in [1.82, 2.24) is 9.13 Å². The van der Waals surface area contributed by atoms with E-state index in [1.54, 1.807) is 23.2 Å². The Bertz CT molecular complexity index is 1030. The first-order chi connectivity index (χ1) is 13.1. The standard InChI is InChI=1S/C23H31N3O2/c1-21-8-15-9-22(2,12-21)14-23(10-15,13-21)11-19(27)24-16-5-6-17-18(7-16)26(4)20(28)25(17)3/h5-7,15H,8-14H2,1-4H3,(H,24,27)/t15?,21-,22+,23?. The Kier molecular flexibility index (Phi) is 3.55. The third-order valence-corrected chi connectivity index (χ3v) is 7.83. The van der Waals surface area contributed by atoms with Crippen LogP contribution in [0.15, 0.2) is 23.0 Å². The first kappa shape index (κ1) is 18.0. The van der Waals surface area contributed by atoms with Crippen molar-refractivity contribution in [2.75, 3.05) is 5.32 Å². The fourth-order valence-corrected chi connectivity index (χ4v) is 8.01. The molecule has 150 valence electrons. The molecular formula is C23H31N3O2. The molecule has 0 radical (unpaired) electrons. The molecule has 1 aromatic heterocycles. The van der Waals surface area contributed by atoms with E-state index >= 15 is 0 Å². The predicted octanol–water partition coefficient (Wildman–Crippen LogP) is 4.20. The quantitative estimate of drug-likeness (QED) is 0.866. The van der Waals surface area contributed by atoms with E-state index in [0.29, 0.717) is 17.3 Å². The van der Waals surface area contributed by atoms with Crippen molar-refractivity contribution >= 4 is 22.6 Å². The van der Waals surface area contributed by atoms with Gasteiger partial charge in [-0.2, -0.15) is 0 Å². The summed E-state index contributed by atoms with van der Waals surface area (Å²) in [6.07, 6.45) is 8.28. The lowest BCUT2D eigenvalue weighted by Crippen LogP contribution is -2.55. The van der Waals surface area contributed by atoms with E-state index in [9.17, 15) is 9.59 Å². The maximum atomic E-state index is 13.0. The molecule has 4 saturated carbocycles. The van der Waals surface area contributed by atoms with Crippen molar-refractivity contribution in [3.8, 4) is 0 Å². The van der Waals surface area contributed by atoms with Crippen molar-refractivity contribution < 1.29 is 4.79 Å². The number of hydrogen-bond acceptors (Lipinski definition) is 2. The zero-order chi connectivity index (χ0) is 19.9. The lowest BCUT2D eigenvalue weighted by atomic mass is 9.40. The molecule has 0 aliphatic heterocycles. The maximum Gasteiger partial charge on any atom is 0.328 e. The van der Waals surface area contributed by atoms with E-state index in [-0.39, 0.29) is 17.0 Å². The molecule has 2 unspecified atom stereocenters. The maximum absolute atomic E-state index is 13.0. The third-order valence-electron chi connectivity index (χ3n) is 7.83. The molecule has 4 bridgehead atoms. The highest BCUT2D eigenvalue weighted by Gasteiger charge is 2.60. The Labute approximate surface area is 166 Å². The van der Waals surface area contributed by atoms with E-state index in [2.05, 4.69) is 19.2 Å². The van der Waals surface area contributed by atoms with Crippen LogP contribution in [0, 0.1) is 22.2 Å². The Hall–Kier alpha value is -2.04. The van der Waals surface area contributed by atoms with E-state index in [1.165, 1.54) is 38.5 Å². The van der Waals surface area contributed by atoms with Gasteiger partial charge in [0.05, 0.1) is 11.0 Å². The number of amides is 1. The molecule has 5 heteroatoms. The lowest BCUT2D eigenvalue weighted by molar-refractivity contribution is -0.153. The van der Waals surface area contributed by atoms with Crippen LogP contribution in [0.25, 0.3) is 11.0 Å². The number of nitrogens with zero attached hydrogens (tertiary/aromatic N) is 2. The molecule has 0 saturated heterocycles. The summed E-state index contributed by atoms with van der Waals surface area (Å²) in [5, 5.41) is 3.13. The second-order valence-corrected chi connectivity index (χ2v) is 11.0. The fraction of sp³-hybridized carbons (Fsp3) is 0.652. The molecule has 1 aromatic carbocycles. The van der Waals surface area contributed by atoms with Crippen LogP contribution in [-0.2, 0) is 18.9 Å². The molecule has 4 atom stereocenters. The second kappa shape index (κ2) is 5.52. The second-order valence-electron chi connectivity index (χ2n) is 11.0. The van der Waals surface area contributed by atoms with Crippen LogP contribution in [-0.4, -0.2) is 15.0 Å². The number of nitrogens with one attached hydrogen (secondary N) is 1. The monoisotopic (exact) mass is 381 g/mol. The van der Waals surface area contributed by atoms with Gasteiger partial charge in [0.2, 0.25) is 5.91 Å². The highest BCUT2D eigenvalue weighted by atomic mass is 16.2. The fourth-order valence-electron chi connectivity index (χ4n) is 8.01. The van der Waals surface area contributed by atoms with Crippen LogP contribution in [0.4, 0.5) is 5.69 Å². The summed E-state index contributed by atoms with van der Waals surface area (Å²) in [7, 11) is 3.55. The Morgan fingerprint density at radius 3 is 2.32 bits per heavy atom. The lowest BCUT2D eigenvalue weighted by Gasteiger charge is -2.65. The normalized spacial score (nSPS) is 36.2. The number of carbonyl (C=O) groups is 1. The highest BCUT2D eigenvalue weighted by molar-refractivity contribution is 5.93. The minimum atomic E-state index is -0.0477. The van der Waals surface area contributed by atoms with Crippen LogP contribution in [0.2, 0.25) is 0 Å². The van der Waals surface area contributed by atoms with Gasteiger partial charge in [0.1, 0.15) is 0 Å². The molecule has 1 amide bonds. The van der Waals surface area contributed by atoms with Crippen LogP contribution >= 0.6 is 0 Å². The van der Waals surface area contributed by atoms with Gasteiger partial charge in [0.25, 0.3) is 0 Å². The molecule has 1 heterocycles. The van der Waals surface area contributed by atoms with E-state index in [0.717, 1.165) is 22.6 Å². The number of hydrogen-bond donors (Lipinski definition) is 1. The van der Waals surface area contributed by atoms with Crippen LogP contribution < -0.4 is 11.0 Å². The van der Waals surface area contributed by atoms with Crippen LogP contribution in [0.3, 0.4) is 0 Å². The number of aromatic nitrogens is 2. The van der Waals surface area contributed by atoms with E-state index < -0.39 is 0 Å². The summed E-state index contributed by atoms with van der Waals surface area (Å²) in [6.45, 7) is 4.90. The molecule has 4 aliphatic rings. The molecular weight excluding hydrogens is 350 g/mol. The van der Waals surface area contributed by atoms with Crippen molar-refractivity contribution in [2.24, 2.45) is 36.3 Å². The van der Waals surface area contributed by atoms with Crippen LogP contribution in [0.1, 0.15) is 58.8 Å². The molecule has 0 spiro atoms. The highest BCUT2D eigenvalue weighted by Crippen LogP contribution is 2.70. The van der Waals surface area contributed by atoms with Crippen molar-refractivity contribution in [1.29, 1.82) is 0 Å². The van der Waals surface area contributed by atoms with Gasteiger partial charge in [-0.3, -0.25) is 13.9 Å². The summed E-state index contributed by atoms with van der Waals surface area (Å²) < 4.78 is 3.27. The van der Waals surface area contributed by atoms with Gasteiger partial charge >= 0.3 is 5.69 Å². The molecule has 4 aliphatic carbocycles. The minimum Gasteiger partial charge on any atom is -0.326 e. The summed E-state index contributed by atoms with van der Waals surface area (Å²) >= 11 is 0. The van der Waals surface area contributed by atoms with Gasteiger partial charge in [0.15, 0.2) is 0 Å². The molecule has 28 heavy (non-hydrogen) atoms. The number of anilines is 1. The Morgan fingerprint density at radius 2 is 1.68 bits per heavy atom. The van der Waals surface area contributed by atoms with Gasteiger partial charge in [0, 0.05) is 26.2 Å². The average Bonchev–Trinajstić information content (AvgIpc) is 2.75. The summed E-state index contributed by atoms with van der Waals surface area (Å²) in [6, 6.07) is 5.73. The molecule has 4 fully saturated rings. The zero-order valence-electron chi connectivity index (χ0n) is 17.5. The summed E-state index contributed by atoms with van der Waals surface area (Å²) in [5.41, 5.74) is 3.49. The third kappa shape index (κ3) is 2.66. The predicted molar refractivity (Wildman–Crippen MR) is 111 cm³/mol. The topological polar surface area (TPSA) is 56.0 Å². The van der Waals surface area contributed by atoms with E-state index in [1.807, 2.05) is 18.2 Å². The average molecular weight is 382 g/mol. The zero-order valence-corrected chi connectivity index (χ0v) is 17.5. The van der Waals surface area contributed by atoms with Crippen molar-refractivity contribution in [2.45, 2.75) is 58.8 Å². The first-order valence-electron chi connectivity index (χ1n) is 10.5. The van der Waals surface area contributed by atoms with Crippen molar-refractivity contribution in [3.05, 3.63) is 28.7 Å². The number of carbonyl (C=O) groups excluding carboxylic acids is 1. The molecule has 6 rings (SSSR count). The van der Waals surface area contributed by atoms with E-state index in [4.69, 9.17) is 0 Å².